The number of hydrogen-bond donors (Lipinski definition) is 2. The first kappa shape index (κ1) is 25.7. The summed E-state index contributed by atoms with van der Waals surface area (Å²) in [5.41, 5.74) is 4.85. The zero-order chi connectivity index (χ0) is 26.4. The lowest BCUT2D eigenvalue weighted by Crippen LogP contribution is -2.30. The van der Waals surface area contributed by atoms with E-state index in [4.69, 9.17) is 4.74 Å². The number of ether oxygens (including phenoxy) is 1. The van der Waals surface area contributed by atoms with E-state index in [-0.39, 0.29) is 28.3 Å². The molecule has 1 fully saturated rings. The molecule has 196 valence electrons. The van der Waals surface area contributed by atoms with Crippen LogP contribution in [0.1, 0.15) is 56.2 Å². The minimum absolute atomic E-state index is 0.00451. The summed E-state index contributed by atoms with van der Waals surface area (Å²) in [5.74, 6) is 0.862. The number of rotatable bonds is 2. The molecule has 2 N–H and O–H groups in total. The number of benzene rings is 2. The van der Waals surface area contributed by atoms with Crippen molar-refractivity contribution in [3.8, 4) is 17.1 Å². The molecule has 2 aliphatic rings. The van der Waals surface area contributed by atoms with Crippen LogP contribution in [0.4, 0.5) is 5.95 Å². The lowest BCUT2D eigenvalue weighted by atomic mass is 9.74. The number of sulfonamides is 1. The fraction of sp³-hybridized carbons (Fsp3) is 0.448. The van der Waals surface area contributed by atoms with E-state index in [1.54, 1.807) is 6.07 Å². The van der Waals surface area contributed by atoms with Gasteiger partial charge in [-0.3, -0.25) is 0 Å². The van der Waals surface area contributed by atoms with Crippen LogP contribution in [0.25, 0.3) is 11.3 Å². The summed E-state index contributed by atoms with van der Waals surface area (Å²) in [7, 11) is -3.90. The van der Waals surface area contributed by atoms with Crippen molar-refractivity contribution in [2.45, 2.75) is 64.4 Å². The molecule has 1 aromatic heterocycles. The third-order valence-electron chi connectivity index (χ3n) is 7.29. The summed E-state index contributed by atoms with van der Waals surface area (Å²) in [6.45, 7) is 12.3. The Morgan fingerprint density at radius 2 is 1.73 bits per heavy atom. The molecule has 0 spiro atoms. The average Bonchev–Trinajstić information content (AvgIpc) is 2.99. The van der Waals surface area contributed by atoms with Crippen LogP contribution in [-0.4, -0.2) is 37.6 Å². The van der Waals surface area contributed by atoms with E-state index in [1.807, 2.05) is 56.3 Å². The highest BCUT2D eigenvalue weighted by molar-refractivity contribution is 7.92. The fourth-order valence-electron chi connectivity index (χ4n) is 5.77. The standard InChI is InChI=1S/C29H36N4O3S/c1-18-8-6-9-19(2)27(18)25-14-26-32-28(31-25)33-37(34,35)23-11-7-10-20(12-23)24-13-22(36-26)17-30-16-21(24)15-29(3,4)5/h6-12,14,21-22,24,30H,13,15-17H2,1-5H3,(H,31,32,33)/t21-,22-,24?/m0/s1. The lowest BCUT2D eigenvalue weighted by molar-refractivity contribution is 0.172. The van der Waals surface area contributed by atoms with Crippen LogP contribution in [0.5, 0.6) is 5.88 Å². The molecule has 8 heteroatoms. The van der Waals surface area contributed by atoms with E-state index in [0.717, 1.165) is 41.6 Å². The fourth-order valence-corrected chi connectivity index (χ4v) is 6.77. The van der Waals surface area contributed by atoms with Gasteiger partial charge in [0.15, 0.2) is 0 Å². The molecule has 2 aromatic carbocycles. The maximum absolute atomic E-state index is 13.5. The van der Waals surface area contributed by atoms with Crippen molar-refractivity contribution < 1.29 is 13.2 Å². The maximum atomic E-state index is 13.5. The molecule has 1 saturated heterocycles. The van der Waals surface area contributed by atoms with Gasteiger partial charge in [-0.05, 0) is 79.3 Å². The van der Waals surface area contributed by atoms with Crippen LogP contribution < -0.4 is 14.8 Å². The molecule has 3 heterocycles. The van der Waals surface area contributed by atoms with Crippen LogP contribution >= 0.6 is 0 Å². The highest BCUT2D eigenvalue weighted by Gasteiger charge is 2.34. The van der Waals surface area contributed by atoms with Gasteiger partial charge >= 0.3 is 0 Å². The monoisotopic (exact) mass is 520 g/mol. The number of aromatic nitrogens is 2. The smallest absolute Gasteiger partial charge is 0.264 e. The molecule has 0 aliphatic carbocycles. The molecule has 0 amide bonds. The number of hydrogen-bond acceptors (Lipinski definition) is 6. The Balaban J connectivity index is 1.65. The second-order valence-electron chi connectivity index (χ2n) is 11.6. The molecule has 2 aliphatic heterocycles. The Labute approximate surface area is 220 Å². The first-order chi connectivity index (χ1) is 17.5. The lowest BCUT2D eigenvalue weighted by Gasteiger charge is -2.32. The van der Waals surface area contributed by atoms with Gasteiger partial charge in [-0.25, -0.2) is 18.1 Å². The molecule has 37 heavy (non-hydrogen) atoms. The predicted octanol–water partition coefficient (Wildman–Crippen LogP) is 5.45. The topological polar surface area (TPSA) is 93.2 Å². The van der Waals surface area contributed by atoms with Gasteiger partial charge in [0, 0.05) is 18.2 Å². The molecule has 3 atom stereocenters. The minimum Gasteiger partial charge on any atom is -0.473 e. The maximum Gasteiger partial charge on any atom is 0.264 e. The van der Waals surface area contributed by atoms with Crippen LogP contribution in [0.15, 0.2) is 53.4 Å². The number of anilines is 1. The summed E-state index contributed by atoms with van der Waals surface area (Å²) < 4.78 is 36.1. The Morgan fingerprint density at radius 3 is 2.46 bits per heavy atom. The Hall–Kier alpha value is -2.97. The summed E-state index contributed by atoms with van der Waals surface area (Å²) in [5, 5.41) is 3.61. The molecule has 7 nitrogen and oxygen atoms in total. The van der Waals surface area contributed by atoms with Gasteiger partial charge in [0.2, 0.25) is 11.8 Å². The van der Waals surface area contributed by atoms with E-state index in [0.29, 0.717) is 24.0 Å². The van der Waals surface area contributed by atoms with Crippen LogP contribution in [-0.2, 0) is 10.0 Å². The Morgan fingerprint density at radius 1 is 1.00 bits per heavy atom. The first-order valence-corrected chi connectivity index (χ1v) is 14.4. The zero-order valence-corrected chi connectivity index (χ0v) is 23.0. The van der Waals surface area contributed by atoms with Crippen molar-refractivity contribution >= 4 is 16.0 Å². The van der Waals surface area contributed by atoms with Crippen molar-refractivity contribution in [1.82, 2.24) is 15.3 Å². The van der Waals surface area contributed by atoms with Crippen molar-refractivity contribution in [2.75, 3.05) is 17.8 Å². The van der Waals surface area contributed by atoms with Crippen LogP contribution in [0, 0.1) is 25.2 Å². The van der Waals surface area contributed by atoms with Gasteiger partial charge in [0.05, 0.1) is 10.6 Å². The van der Waals surface area contributed by atoms with Crippen molar-refractivity contribution in [2.24, 2.45) is 11.3 Å². The average molecular weight is 521 g/mol. The highest BCUT2D eigenvalue weighted by Crippen LogP contribution is 2.40. The Bertz CT molecular complexity index is 1390. The molecule has 5 rings (SSSR count). The van der Waals surface area contributed by atoms with Gasteiger partial charge in [0.25, 0.3) is 10.0 Å². The van der Waals surface area contributed by atoms with Crippen LogP contribution in [0.2, 0.25) is 0 Å². The van der Waals surface area contributed by atoms with Crippen molar-refractivity contribution in [3.05, 3.63) is 65.2 Å². The minimum atomic E-state index is -3.90. The Kier molecular flexibility index (Phi) is 6.75. The first-order valence-electron chi connectivity index (χ1n) is 12.9. The normalized spacial score (nSPS) is 23.0. The summed E-state index contributed by atoms with van der Waals surface area (Å²) in [6, 6.07) is 15.2. The van der Waals surface area contributed by atoms with Gasteiger partial charge in [-0.1, -0.05) is 51.1 Å². The van der Waals surface area contributed by atoms with Gasteiger partial charge < -0.3 is 10.1 Å². The molecule has 3 aromatic rings. The molecule has 0 saturated carbocycles. The summed E-state index contributed by atoms with van der Waals surface area (Å²) in [6.07, 6.45) is 1.66. The third-order valence-corrected chi connectivity index (χ3v) is 8.61. The van der Waals surface area contributed by atoms with E-state index in [9.17, 15) is 8.42 Å². The number of fused-ring (bicyclic) bond motifs is 7. The molecule has 1 unspecified atom stereocenters. The number of nitrogens with one attached hydrogen (secondary N) is 2. The quantitative estimate of drug-likeness (QED) is 0.467. The van der Waals surface area contributed by atoms with E-state index >= 15 is 0 Å². The van der Waals surface area contributed by atoms with Gasteiger partial charge in [-0.15, -0.1) is 0 Å². The zero-order valence-electron chi connectivity index (χ0n) is 22.2. The second kappa shape index (κ2) is 9.72. The van der Waals surface area contributed by atoms with Gasteiger partial charge in [-0.2, -0.15) is 4.98 Å². The third kappa shape index (κ3) is 5.65. The molecular formula is C29H36N4O3S. The number of nitrogens with zero attached hydrogens (tertiary/aromatic N) is 2. The number of aryl methyl sites for hydroxylation is 2. The summed E-state index contributed by atoms with van der Waals surface area (Å²) >= 11 is 0. The summed E-state index contributed by atoms with van der Waals surface area (Å²) in [4.78, 5) is 9.32. The van der Waals surface area contributed by atoms with Gasteiger partial charge in [0.1, 0.15) is 6.10 Å². The van der Waals surface area contributed by atoms with Crippen molar-refractivity contribution in [1.29, 1.82) is 0 Å². The second-order valence-corrected chi connectivity index (χ2v) is 13.3. The van der Waals surface area contributed by atoms with E-state index in [2.05, 4.69) is 40.8 Å². The van der Waals surface area contributed by atoms with E-state index < -0.39 is 10.0 Å². The van der Waals surface area contributed by atoms with E-state index in [1.165, 1.54) is 0 Å². The SMILES string of the molecule is Cc1cccc(C)c1-c1cc2nc(n1)NS(=O)(=O)c1cccc(c1)C1C[C@@H](CNC[C@@H]1CC(C)(C)C)O2. The highest BCUT2D eigenvalue weighted by atomic mass is 32.2. The largest absolute Gasteiger partial charge is 0.473 e. The predicted molar refractivity (Wildman–Crippen MR) is 146 cm³/mol. The molecule has 0 radical (unpaired) electrons. The molecule has 6 bridgehead atoms. The molecular weight excluding hydrogens is 484 g/mol. The van der Waals surface area contributed by atoms with Crippen LogP contribution in [0.3, 0.4) is 0 Å². The van der Waals surface area contributed by atoms with Crippen molar-refractivity contribution in [3.63, 3.8) is 0 Å².